The van der Waals surface area contributed by atoms with Gasteiger partial charge in [-0.3, -0.25) is 4.90 Å². The van der Waals surface area contributed by atoms with Crippen molar-refractivity contribution in [1.29, 1.82) is 0 Å². The van der Waals surface area contributed by atoms with Crippen molar-refractivity contribution in [2.45, 2.75) is 45.1 Å². The van der Waals surface area contributed by atoms with Gasteiger partial charge in [0.2, 0.25) is 0 Å². The molecule has 2 aliphatic heterocycles. The summed E-state index contributed by atoms with van der Waals surface area (Å²) in [4.78, 5) is 2.41. The Labute approximate surface area is 182 Å². The van der Waals surface area contributed by atoms with E-state index >= 15 is 0 Å². The van der Waals surface area contributed by atoms with Crippen LogP contribution in [0.4, 0.5) is 0 Å². The average Bonchev–Trinajstić information content (AvgIpc) is 3.51. The fraction of sp³-hybridized carbons (Fsp3) is 0.417. The third kappa shape index (κ3) is 3.75. The van der Waals surface area contributed by atoms with E-state index in [1.165, 1.54) is 33.4 Å². The minimum Gasteiger partial charge on any atom is -0.349 e. The van der Waals surface area contributed by atoms with Crippen LogP contribution in [0.5, 0.6) is 0 Å². The number of likely N-dealkylation sites (tertiary alicyclic amines) is 1. The van der Waals surface area contributed by atoms with E-state index in [4.69, 9.17) is 32.7 Å². The number of halogens is 2. The van der Waals surface area contributed by atoms with Crippen LogP contribution in [0.25, 0.3) is 5.57 Å². The van der Waals surface area contributed by atoms with Crippen LogP contribution >= 0.6 is 23.2 Å². The van der Waals surface area contributed by atoms with Crippen LogP contribution in [0.15, 0.2) is 42.0 Å². The van der Waals surface area contributed by atoms with Crippen LogP contribution in [0.3, 0.4) is 0 Å². The Morgan fingerprint density at radius 1 is 1.03 bits per heavy atom. The molecule has 0 spiro atoms. The molecule has 29 heavy (non-hydrogen) atoms. The quantitative estimate of drug-likeness (QED) is 0.584. The van der Waals surface area contributed by atoms with E-state index in [0.717, 1.165) is 48.8 Å². The van der Waals surface area contributed by atoms with Crippen LogP contribution in [0.1, 0.15) is 42.0 Å². The molecule has 0 saturated carbocycles. The highest BCUT2D eigenvalue weighted by molar-refractivity contribution is 6.32. The summed E-state index contributed by atoms with van der Waals surface area (Å²) in [7, 11) is 0. The third-order valence-corrected chi connectivity index (χ3v) is 6.83. The molecule has 0 amide bonds. The predicted octanol–water partition coefficient (Wildman–Crippen LogP) is 5.71. The fourth-order valence-corrected chi connectivity index (χ4v) is 5.24. The number of benzene rings is 2. The lowest BCUT2D eigenvalue weighted by atomic mass is 9.86. The molecule has 2 saturated heterocycles. The smallest absolute Gasteiger partial charge is 0.199 e. The van der Waals surface area contributed by atoms with Gasteiger partial charge in [-0.2, -0.15) is 0 Å². The zero-order valence-electron chi connectivity index (χ0n) is 16.6. The highest BCUT2D eigenvalue weighted by Gasteiger charge is 2.45. The standard InChI is InChI=1S/C24H25Cl2NO2/c1-2-28-24-23(29-24)27-12-10-15(11-13-27)22-18-9-7-17(25)14-16(18)6-8-19-20(22)4-3-5-21(19)26/h3-5,7,9,14,23-24H,2,6,8,10-13H2,1H3. The van der Waals surface area contributed by atoms with E-state index in [2.05, 4.69) is 29.2 Å². The van der Waals surface area contributed by atoms with Crippen LogP contribution in [0.2, 0.25) is 10.0 Å². The van der Waals surface area contributed by atoms with Gasteiger partial charge in [-0.05, 0) is 78.6 Å². The highest BCUT2D eigenvalue weighted by Crippen LogP contribution is 2.42. The lowest BCUT2D eigenvalue weighted by molar-refractivity contribution is 0.0591. The van der Waals surface area contributed by atoms with Gasteiger partial charge in [0.1, 0.15) is 0 Å². The first-order valence-corrected chi connectivity index (χ1v) is 11.2. The number of hydrogen-bond acceptors (Lipinski definition) is 3. The SMILES string of the molecule is CCOC1OC1N1CCC(=C2c3ccc(Cl)cc3CCc3c(Cl)cccc32)CC1. The second-order valence-electron chi connectivity index (χ2n) is 7.93. The number of rotatable bonds is 3. The maximum atomic E-state index is 6.62. The van der Waals surface area contributed by atoms with Crippen LogP contribution in [-0.4, -0.2) is 37.1 Å². The van der Waals surface area contributed by atoms with Crippen molar-refractivity contribution in [1.82, 2.24) is 4.90 Å². The molecule has 2 unspecified atom stereocenters. The third-order valence-electron chi connectivity index (χ3n) is 6.24. The van der Waals surface area contributed by atoms with E-state index in [0.29, 0.717) is 6.61 Å². The van der Waals surface area contributed by atoms with E-state index in [-0.39, 0.29) is 12.5 Å². The molecule has 0 radical (unpaired) electrons. The number of fused-ring (bicyclic) bond motifs is 2. The van der Waals surface area contributed by atoms with Crippen molar-refractivity contribution in [3.8, 4) is 0 Å². The van der Waals surface area contributed by atoms with Gasteiger partial charge in [-0.15, -0.1) is 0 Å². The average molecular weight is 430 g/mol. The Morgan fingerprint density at radius 3 is 2.66 bits per heavy atom. The molecule has 0 bridgehead atoms. The maximum absolute atomic E-state index is 6.62. The number of aryl methyl sites for hydroxylation is 1. The van der Waals surface area contributed by atoms with Gasteiger partial charge in [-0.25, -0.2) is 0 Å². The molecule has 152 valence electrons. The van der Waals surface area contributed by atoms with Crippen molar-refractivity contribution in [2.24, 2.45) is 0 Å². The molecular formula is C24H25Cl2NO2. The van der Waals surface area contributed by atoms with Gasteiger partial charge in [0.15, 0.2) is 12.5 Å². The minimum atomic E-state index is -0.0468. The fourth-order valence-electron chi connectivity index (χ4n) is 4.78. The molecule has 5 heteroatoms. The number of epoxide rings is 1. The topological polar surface area (TPSA) is 25.0 Å². The molecule has 2 heterocycles. The number of ether oxygens (including phenoxy) is 2. The van der Waals surface area contributed by atoms with Gasteiger partial charge in [0.25, 0.3) is 0 Å². The number of hydrogen-bond donors (Lipinski definition) is 0. The molecular weight excluding hydrogens is 405 g/mol. The van der Waals surface area contributed by atoms with Crippen LogP contribution in [0, 0.1) is 0 Å². The summed E-state index contributed by atoms with van der Waals surface area (Å²) in [5.74, 6) is 0. The highest BCUT2D eigenvalue weighted by atomic mass is 35.5. The number of nitrogens with zero attached hydrogens (tertiary/aromatic N) is 1. The summed E-state index contributed by atoms with van der Waals surface area (Å²) in [6.07, 6.45) is 4.04. The first-order chi connectivity index (χ1) is 14.2. The Balaban J connectivity index is 1.51. The second-order valence-corrected chi connectivity index (χ2v) is 8.78. The summed E-state index contributed by atoms with van der Waals surface area (Å²) < 4.78 is 11.3. The zero-order valence-corrected chi connectivity index (χ0v) is 18.1. The monoisotopic (exact) mass is 429 g/mol. The van der Waals surface area contributed by atoms with Gasteiger partial charge < -0.3 is 9.47 Å². The Morgan fingerprint density at radius 2 is 1.86 bits per heavy atom. The van der Waals surface area contributed by atoms with Crippen molar-refractivity contribution >= 4 is 28.8 Å². The maximum Gasteiger partial charge on any atom is 0.199 e. The summed E-state index contributed by atoms with van der Waals surface area (Å²) in [6.45, 7) is 4.69. The molecule has 3 nitrogen and oxygen atoms in total. The van der Waals surface area contributed by atoms with Gasteiger partial charge in [-0.1, -0.05) is 47.0 Å². The summed E-state index contributed by atoms with van der Waals surface area (Å²) >= 11 is 13.0. The van der Waals surface area contributed by atoms with Crippen molar-refractivity contribution in [2.75, 3.05) is 19.7 Å². The second kappa shape index (κ2) is 8.05. The molecule has 2 aromatic rings. The normalized spacial score (nSPS) is 24.1. The molecule has 2 aromatic carbocycles. The molecule has 2 fully saturated rings. The van der Waals surface area contributed by atoms with Gasteiger partial charge in [0, 0.05) is 29.7 Å². The Bertz CT molecular complexity index is 961. The van der Waals surface area contributed by atoms with Crippen LogP contribution < -0.4 is 0 Å². The van der Waals surface area contributed by atoms with Crippen molar-refractivity contribution in [3.63, 3.8) is 0 Å². The van der Waals surface area contributed by atoms with Crippen molar-refractivity contribution in [3.05, 3.63) is 74.3 Å². The first kappa shape index (κ1) is 19.6. The Hall–Kier alpha value is -1.36. The lowest BCUT2D eigenvalue weighted by Crippen LogP contribution is -2.35. The lowest BCUT2D eigenvalue weighted by Gasteiger charge is -2.29. The van der Waals surface area contributed by atoms with Gasteiger partial charge >= 0.3 is 0 Å². The minimum absolute atomic E-state index is 0.0468. The van der Waals surface area contributed by atoms with E-state index < -0.39 is 0 Å². The molecule has 0 N–H and O–H groups in total. The predicted molar refractivity (Wildman–Crippen MR) is 117 cm³/mol. The van der Waals surface area contributed by atoms with Gasteiger partial charge in [0.05, 0.1) is 0 Å². The molecule has 2 atom stereocenters. The molecule has 0 aromatic heterocycles. The van der Waals surface area contributed by atoms with Crippen molar-refractivity contribution < 1.29 is 9.47 Å². The zero-order chi connectivity index (χ0) is 20.0. The Kier molecular flexibility index (Phi) is 5.44. The molecule has 3 aliphatic rings. The molecule has 1 aliphatic carbocycles. The van der Waals surface area contributed by atoms with E-state index in [1.54, 1.807) is 0 Å². The summed E-state index contributed by atoms with van der Waals surface area (Å²) in [6, 6.07) is 12.6. The van der Waals surface area contributed by atoms with E-state index in [9.17, 15) is 0 Å². The number of piperidine rings is 1. The summed E-state index contributed by atoms with van der Waals surface area (Å²) in [5, 5.41) is 1.66. The van der Waals surface area contributed by atoms with Crippen LogP contribution in [-0.2, 0) is 22.3 Å². The van der Waals surface area contributed by atoms with E-state index in [1.807, 2.05) is 19.1 Å². The largest absolute Gasteiger partial charge is 0.349 e. The summed E-state index contributed by atoms with van der Waals surface area (Å²) in [5.41, 5.74) is 8.05. The molecule has 5 rings (SSSR count). The first-order valence-electron chi connectivity index (χ1n) is 10.5.